The lowest BCUT2D eigenvalue weighted by molar-refractivity contribution is 0.0527. The SMILES string of the molecule is C=CCNc1ccnc(C(=O)Nc2ccccc2C(=O)OCC)c1. The van der Waals surface area contributed by atoms with Gasteiger partial charge in [-0.25, -0.2) is 4.79 Å². The predicted molar refractivity (Wildman–Crippen MR) is 93.3 cm³/mol. The van der Waals surface area contributed by atoms with E-state index in [1.165, 1.54) is 6.20 Å². The average molecular weight is 325 g/mol. The minimum Gasteiger partial charge on any atom is -0.462 e. The molecule has 124 valence electrons. The molecule has 2 rings (SSSR count). The molecule has 1 amide bonds. The molecular formula is C18H19N3O3. The summed E-state index contributed by atoms with van der Waals surface area (Å²) >= 11 is 0. The third-order valence-electron chi connectivity index (χ3n) is 3.11. The number of nitrogens with one attached hydrogen (secondary N) is 2. The summed E-state index contributed by atoms with van der Waals surface area (Å²) in [6.45, 7) is 6.20. The first kappa shape index (κ1) is 17.2. The molecule has 0 aliphatic carbocycles. The van der Waals surface area contributed by atoms with Crippen LogP contribution in [0.5, 0.6) is 0 Å². The van der Waals surface area contributed by atoms with E-state index in [2.05, 4.69) is 22.2 Å². The molecule has 0 saturated carbocycles. The van der Waals surface area contributed by atoms with Crippen molar-refractivity contribution in [1.82, 2.24) is 4.98 Å². The molecule has 1 heterocycles. The molecule has 0 radical (unpaired) electrons. The number of nitrogens with zero attached hydrogens (tertiary/aromatic N) is 1. The molecule has 2 N–H and O–H groups in total. The van der Waals surface area contributed by atoms with Crippen LogP contribution in [0.15, 0.2) is 55.3 Å². The van der Waals surface area contributed by atoms with Gasteiger partial charge in [-0.15, -0.1) is 6.58 Å². The maximum atomic E-state index is 12.4. The summed E-state index contributed by atoms with van der Waals surface area (Å²) < 4.78 is 4.99. The maximum Gasteiger partial charge on any atom is 0.340 e. The van der Waals surface area contributed by atoms with Gasteiger partial charge in [-0.3, -0.25) is 9.78 Å². The van der Waals surface area contributed by atoms with Gasteiger partial charge in [-0.1, -0.05) is 18.2 Å². The summed E-state index contributed by atoms with van der Waals surface area (Å²) in [6.07, 6.45) is 3.26. The Kier molecular flexibility index (Phi) is 6.08. The monoisotopic (exact) mass is 325 g/mol. The molecular weight excluding hydrogens is 306 g/mol. The fraction of sp³-hybridized carbons (Fsp3) is 0.167. The first-order valence-corrected chi connectivity index (χ1v) is 7.54. The highest BCUT2D eigenvalue weighted by molar-refractivity contribution is 6.07. The Morgan fingerprint density at radius 3 is 2.83 bits per heavy atom. The molecule has 6 heteroatoms. The van der Waals surface area contributed by atoms with Gasteiger partial charge in [0.15, 0.2) is 0 Å². The van der Waals surface area contributed by atoms with E-state index in [0.717, 1.165) is 5.69 Å². The lowest BCUT2D eigenvalue weighted by Crippen LogP contribution is -2.17. The summed E-state index contributed by atoms with van der Waals surface area (Å²) in [5.41, 5.74) is 1.68. The van der Waals surface area contributed by atoms with Crippen molar-refractivity contribution in [2.75, 3.05) is 23.8 Å². The first-order chi connectivity index (χ1) is 11.7. The third kappa shape index (κ3) is 4.42. The van der Waals surface area contributed by atoms with E-state index in [1.54, 1.807) is 49.4 Å². The Bertz CT molecular complexity index is 744. The number of hydrogen-bond acceptors (Lipinski definition) is 5. The van der Waals surface area contributed by atoms with Crippen molar-refractivity contribution in [3.63, 3.8) is 0 Å². The zero-order chi connectivity index (χ0) is 17.4. The van der Waals surface area contributed by atoms with E-state index in [4.69, 9.17) is 4.74 Å². The zero-order valence-electron chi connectivity index (χ0n) is 13.4. The van der Waals surface area contributed by atoms with Crippen LogP contribution in [-0.2, 0) is 4.74 Å². The second-order valence-electron chi connectivity index (χ2n) is 4.82. The standard InChI is InChI=1S/C18H19N3O3/c1-3-10-19-13-9-11-20-16(12-13)17(22)21-15-8-6-5-7-14(15)18(23)24-4-2/h3,5-9,11-12H,1,4,10H2,2H3,(H,19,20)(H,21,22). The minimum absolute atomic E-state index is 0.239. The van der Waals surface area contributed by atoms with E-state index in [1.807, 2.05) is 0 Å². The van der Waals surface area contributed by atoms with Crippen molar-refractivity contribution in [2.24, 2.45) is 0 Å². The van der Waals surface area contributed by atoms with Crippen LogP contribution >= 0.6 is 0 Å². The molecule has 0 aliphatic heterocycles. The second-order valence-corrected chi connectivity index (χ2v) is 4.82. The van der Waals surface area contributed by atoms with Gasteiger partial charge >= 0.3 is 5.97 Å². The van der Waals surface area contributed by atoms with Crippen LogP contribution in [0.4, 0.5) is 11.4 Å². The van der Waals surface area contributed by atoms with E-state index >= 15 is 0 Å². The summed E-state index contributed by atoms with van der Waals surface area (Å²) in [5.74, 6) is -0.892. The molecule has 0 saturated heterocycles. The number of anilines is 2. The molecule has 6 nitrogen and oxygen atoms in total. The number of esters is 1. The number of ether oxygens (including phenoxy) is 1. The number of amides is 1. The van der Waals surface area contributed by atoms with Crippen molar-refractivity contribution in [3.05, 3.63) is 66.5 Å². The van der Waals surface area contributed by atoms with Gasteiger partial charge in [-0.05, 0) is 31.2 Å². The highest BCUT2D eigenvalue weighted by Gasteiger charge is 2.15. The maximum absolute atomic E-state index is 12.4. The van der Waals surface area contributed by atoms with Crippen molar-refractivity contribution >= 4 is 23.3 Å². The predicted octanol–water partition coefficient (Wildman–Crippen LogP) is 3.11. The van der Waals surface area contributed by atoms with Crippen LogP contribution in [0.1, 0.15) is 27.8 Å². The Labute approximate surface area is 140 Å². The normalized spacial score (nSPS) is 9.88. The van der Waals surface area contributed by atoms with Crippen molar-refractivity contribution in [3.8, 4) is 0 Å². The number of hydrogen-bond donors (Lipinski definition) is 2. The van der Waals surface area contributed by atoms with Crippen molar-refractivity contribution in [1.29, 1.82) is 0 Å². The molecule has 1 aromatic heterocycles. The highest BCUT2D eigenvalue weighted by atomic mass is 16.5. The fourth-order valence-electron chi connectivity index (χ4n) is 2.02. The molecule has 0 aliphatic rings. The van der Waals surface area contributed by atoms with E-state index < -0.39 is 11.9 Å². The van der Waals surface area contributed by atoms with Crippen LogP contribution in [0.3, 0.4) is 0 Å². The Morgan fingerprint density at radius 2 is 2.08 bits per heavy atom. The number of carbonyl (C=O) groups excluding carboxylic acids is 2. The van der Waals surface area contributed by atoms with E-state index in [9.17, 15) is 9.59 Å². The highest BCUT2D eigenvalue weighted by Crippen LogP contribution is 2.18. The Balaban J connectivity index is 2.18. The molecule has 24 heavy (non-hydrogen) atoms. The Morgan fingerprint density at radius 1 is 1.29 bits per heavy atom. The zero-order valence-corrected chi connectivity index (χ0v) is 13.4. The van der Waals surface area contributed by atoms with Crippen LogP contribution in [-0.4, -0.2) is 30.0 Å². The van der Waals surface area contributed by atoms with Crippen molar-refractivity contribution < 1.29 is 14.3 Å². The van der Waals surface area contributed by atoms with Gasteiger partial charge < -0.3 is 15.4 Å². The van der Waals surface area contributed by atoms with Gasteiger partial charge in [0, 0.05) is 18.4 Å². The van der Waals surface area contributed by atoms with Crippen molar-refractivity contribution in [2.45, 2.75) is 6.92 Å². The van der Waals surface area contributed by atoms with Crippen LogP contribution in [0, 0.1) is 0 Å². The lowest BCUT2D eigenvalue weighted by atomic mass is 10.1. The first-order valence-electron chi connectivity index (χ1n) is 7.54. The number of carbonyl (C=O) groups is 2. The molecule has 1 aromatic carbocycles. The molecule has 0 bridgehead atoms. The Hall–Kier alpha value is -3.15. The summed E-state index contributed by atoms with van der Waals surface area (Å²) in [5, 5.41) is 5.79. The summed E-state index contributed by atoms with van der Waals surface area (Å²) in [7, 11) is 0. The second kappa shape index (κ2) is 8.47. The lowest BCUT2D eigenvalue weighted by Gasteiger charge is -2.10. The van der Waals surface area contributed by atoms with Crippen LogP contribution < -0.4 is 10.6 Å². The summed E-state index contributed by atoms with van der Waals surface area (Å²) in [6, 6.07) is 10.1. The van der Waals surface area contributed by atoms with Gasteiger partial charge in [0.1, 0.15) is 5.69 Å². The van der Waals surface area contributed by atoms with Crippen LogP contribution in [0.2, 0.25) is 0 Å². The summed E-state index contributed by atoms with van der Waals surface area (Å²) in [4.78, 5) is 28.4. The smallest absolute Gasteiger partial charge is 0.340 e. The van der Waals surface area contributed by atoms with Gasteiger partial charge in [0.2, 0.25) is 0 Å². The van der Waals surface area contributed by atoms with E-state index in [0.29, 0.717) is 17.8 Å². The molecule has 0 unspecified atom stereocenters. The molecule has 2 aromatic rings. The van der Waals surface area contributed by atoms with E-state index in [-0.39, 0.29) is 12.3 Å². The quantitative estimate of drug-likeness (QED) is 0.604. The largest absolute Gasteiger partial charge is 0.462 e. The molecule has 0 atom stereocenters. The average Bonchev–Trinajstić information content (AvgIpc) is 2.61. The number of para-hydroxylation sites is 1. The number of benzene rings is 1. The van der Waals surface area contributed by atoms with Gasteiger partial charge in [0.25, 0.3) is 5.91 Å². The molecule has 0 spiro atoms. The number of aromatic nitrogens is 1. The number of rotatable bonds is 7. The van der Waals surface area contributed by atoms with Crippen LogP contribution in [0.25, 0.3) is 0 Å². The third-order valence-corrected chi connectivity index (χ3v) is 3.11. The molecule has 0 fully saturated rings. The van der Waals surface area contributed by atoms with Gasteiger partial charge in [0.05, 0.1) is 17.9 Å². The topological polar surface area (TPSA) is 80.3 Å². The minimum atomic E-state index is -0.484. The number of pyridine rings is 1. The fourth-order valence-corrected chi connectivity index (χ4v) is 2.02. The van der Waals surface area contributed by atoms with Gasteiger partial charge in [-0.2, -0.15) is 0 Å².